The largest absolute Gasteiger partial charge is 0.573 e. The number of nitrogens with zero attached hydrogens (tertiary/aromatic N) is 2. The number of aliphatic hydroxyl groups is 1. The minimum absolute atomic E-state index is 0.0295. The highest BCUT2D eigenvalue weighted by atomic mass is 19.4. The minimum atomic E-state index is -4.79. The molecular weight excluding hydrogens is 521 g/mol. The first-order valence-corrected chi connectivity index (χ1v) is 14.2. The zero-order chi connectivity index (χ0) is 27.9. The fourth-order valence-corrected chi connectivity index (χ4v) is 8.09. The Morgan fingerprint density at radius 2 is 2.00 bits per heavy atom. The van der Waals surface area contributed by atoms with Crippen LogP contribution in [0.15, 0.2) is 48.5 Å². The van der Waals surface area contributed by atoms with E-state index >= 15 is 0 Å². The average molecular weight is 555 g/mol. The van der Waals surface area contributed by atoms with Crippen LogP contribution in [0.25, 0.3) is 6.08 Å². The van der Waals surface area contributed by atoms with Crippen LogP contribution in [0.1, 0.15) is 48.8 Å². The number of amides is 1. The van der Waals surface area contributed by atoms with Crippen LogP contribution in [0.3, 0.4) is 0 Å². The van der Waals surface area contributed by atoms with E-state index < -0.39 is 17.4 Å². The third kappa shape index (κ3) is 3.96. The Morgan fingerprint density at radius 3 is 2.77 bits per heavy atom. The number of ether oxygens (including phenoxy) is 2. The van der Waals surface area contributed by atoms with Crippen LogP contribution in [-0.2, 0) is 16.6 Å². The highest BCUT2D eigenvalue weighted by molar-refractivity contribution is 5.92. The number of alkyl halides is 3. The van der Waals surface area contributed by atoms with Gasteiger partial charge in [0, 0.05) is 31.3 Å². The summed E-state index contributed by atoms with van der Waals surface area (Å²) in [5.74, 6) is 0.939. The molecule has 7 rings (SSSR count). The van der Waals surface area contributed by atoms with Crippen LogP contribution in [-0.4, -0.2) is 71.1 Å². The molecule has 0 unspecified atom stereocenters. The number of piperidine rings is 1. The van der Waals surface area contributed by atoms with E-state index in [1.54, 1.807) is 18.0 Å². The van der Waals surface area contributed by atoms with Gasteiger partial charge in [0.1, 0.15) is 17.6 Å². The smallest absolute Gasteiger partial charge is 0.487 e. The molecule has 3 aliphatic carbocycles. The Hall–Kier alpha value is -3.04. The van der Waals surface area contributed by atoms with E-state index in [2.05, 4.69) is 15.7 Å². The molecule has 0 aromatic heterocycles. The van der Waals surface area contributed by atoms with Gasteiger partial charge in [0.2, 0.25) is 5.91 Å². The monoisotopic (exact) mass is 554 g/mol. The van der Waals surface area contributed by atoms with Crippen LogP contribution in [0, 0.1) is 5.92 Å². The van der Waals surface area contributed by atoms with E-state index in [1.807, 2.05) is 12.1 Å². The maximum absolute atomic E-state index is 13.4. The molecule has 5 atom stereocenters. The lowest BCUT2D eigenvalue weighted by Crippen LogP contribution is -2.78. The van der Waals surface area contributed by atoms with Crippen LogP contribution < -0.4 is 9.47 Å². The van der Waals surface area contributed by atoms with Crippen molar-refractivity contribution in [1.82, 2.24) is 9.80 Å². The lowest BCUT2D eigenvalue weighted by Gasteiger charge is -2.64. The summed E-state index contributed by atoms with van der Waals surface area (Å²) in [4.78, 5) is 17.6. The molecule has 1 spiro atoms. The third-order valence-corrected chi connectivity index (χ3v) is 9.98. The van der Waals surface area contributed by atoms with Crippen molar-refractivity contribution in [2.24, 2.45) is 5.92 Å². The van der Waals surface area contributed by atoms with Crippen LogP contribution >= 0.6 is 0 Å². The average Bonchev–Trinajstić information content (AvgIpc) is 3.65. The van der Waals surface area contributed by atoms with Crippen molar-refractivity contribution in [3.05, 3.63) is 65.2 Å². The van der Waals surface area contributed by atoms with E-state index in [9.17, 15) is 23.1 Å². The van der Waals surface area contributed by atoms with Gasteiger partial charge in [-0.3, -0.25) is 9.69 Å². The minimum Gasteiger partial charge on any atom is -0.487 e. The summed E-state index contributed by atoms with van der Waals surface area (Å²) >= 11 is 0. The molecule has 1 amide bonds. The van der Waals surface area contributed by atoms with Gasteiger partial charge in [0.15, 0.2) is 0 Å². The second-order valence-electron chi connectivity index (χ2n) is 12.1. The maximum Gasteiger partial charge on any atom is 0.573 e. The highest BCUT2D eigenvalue weighted by Crippen LogP contribution is 2.64. The molecule has 1 N–H and O–H groups in total. The summed E-state index contributed by atoms with van der Waals surface area (Å²) in [7, 11) is 1.75. The summed E-state index contributed by atoms with van der Waals surface area (Å²) in [5, 5.41) is 12.6. The number of halogens is 3. The molecular formula is C31H33F3N2O4. The van der Waals surface area contributed by atoms with Gasteiger partial charge in [-0.2, -0.15) is 0 Å². The fourth-order valence-electron chi connectivity index (χ4n) is 8.09. The standard InChI is InChI=1S/C31H33F3N2O4/c1-35(26(37)11-10-19-4-2-6-22(16-19)40-31(32,33)34)23-12-13-30(38)25-17-21-5-3-7-24-27(21)29(30,28(23)39-24)14-15-36(25)18-20-8-9-20/h2-7,10-11,16,20,23,25,28,38H,8-9,12-15,17-18H2,1H3/t23-,25-,28+,29+,30-/m1/s1. The van der Waals surface area contributed by atoms with Crippen LogP contribution in [0.4, 0.5) is 13.2 Å². The molecule has 2 aliphatic heterocycles. The van der Waals surface area contributed by atoms with Gasteiger partial charge in [-0.25, -0.2) is 0 Å². The Morgan fingerprint density at radius 1 is 1.20 bits per heavy atom. The van der Waals surface area contributed by atoms with Gasteiger partial charge in [0.25, 0.3) is 0 Å². The van der Waals surface area contributed by atoms with Crippen molar-refractivity contribution in [3.63, 3.8) is 0 Å². The van der Waals surface area contributed by atoms with Crippen molar-refractivity contribution in [2.75, 3.05) is 20.1 Å². The molecule has 2 aromatic rings. The van der Waals surface area contributed by atoms with E-state index in [4.69, 9.17) is 4.74 Å². The fraction of sp³-hybridized carbons (Fsp3) is 0.516. The van der Waals surface area contributed by atoms with Gasteiger partial charge < -0.3 is 19.5 Å². The lowest BCUT2D eigenvalue weighted by molar-refractivity contribution is -0.274. The lowest BCUT2D eigenvalue weighted by atomic mass is 9.48. The quantitative estimate of drug-likeness (QED) is 0.525. The summed E-state index contributed by atoms with van der Waals surface area (Å²) in [6, 6.07) is 11.5. The van der Waals surface area contributed by atoms with Gasteiger partial charge in [-0.05, 0) is 86.4 Å². The third-order valence-electron chi connectivity index (χ3n) is 9.98. The van der Waals surface area contributed by atoms with Gasteiger partial charge in [-0.15, -0.1) is 13.2 Å². The number of benzene rings is 2. The molecule has 2 aromatic carbocycles. The summed E-state index contributed by atoms with van der Waals surface area (Å²) in [6.45, 7) is 1.93. The van der Waals surface area contributed by atoms with E-state index in [1.165, 1.54) is 48.8 Å². The zero-order valence-corrected chi connectivity index (χ0v) is 22.4. The molecule has 2 bridgehead atoms. The van der Waals surface area contributed by atoms with E-state index in [-0.39, 0.29) is 29.8 Å². The van der Waals surface area contributed by atoms with Gasteiger partial charge >= 0.3 is 6.36 Å². The SMILES string of the molecule is CN(C(=O)C=Cc1cccc(OC(F)(F)F)c1)[C@@H]1CC[C@@]2(O)[C@H]3Cc4cccc5c4[C@@]2(CCN3CC2CC2)[C@H]1O5. The molecule has 2 saturated carbocycles. The van der Waals surface area contributed by atoms with E-state index in [0.29, 0.717) is 18.4 Å². The van der Waals surface area contributed by atoms with Gasteiger partial charge in [-0.1, -0.05) is 24.3 Å². The van der Waals surface area contributed by atoms with Crippen molar-refractivity contribution in [2.45, 2.75) is 74.1 Å². The Bertz CT molecular complexity index is 1370. The van der Waals surface area contributed by atoms with Crippen molar-refractivity contribution in [1.29, 1.82) is 0 Å². The molecule has 0 radical (unpaired) electrons. The number of hydrogen-bond donors (Lipinski definition) is 1. The molecule has 1 saturated heterocycles. The maximum atomic E-state index is 13.4. The number of hydrogen-bond acceptors (Lipinski definition) is 5. The Balaban J connectivity index is 1.16. The molecule has 3 fully saturated rings. The van der Waals surface area contributed by atoms with Crippen LogP contribution in [0.5, 0.6) is 11.5 Å². The predicted molar refractivity (Wildman–Crippen MR) is 142 cm³/mol. The van der Waals surface area contributed by atoms with Crippen molar-refractivity contribution in [3.8, 4) is 11.5 Å². The second kappa shape index (κ2) is 8.98. The summed E-state index contributed by atoms with van der Waals surface area (Å²) in [6.07, 6.45) is 3.01. The van der Waals surface area contributed by atoms with Crippen molar-refractivity contribution >= 4 is 12.0 Å². The number of carbonyl (C=O) groups excluding carboxylic acids is 1. The number of likely N-dealkylation sites (tertiary alicyclic amines) is 1. The first kappa shape index (κ1) is 25.9. The first-order chi connectivity index (χ1) is 19.1. The number of rotatable bonds is 6. The second-order valence-corrected chi connectivity index (χ2v) is 12.1. The Labute approximate surface area is 231 Å². The molecule has 5 aliphatic rings. The normalized spacial score (nSPS) is 32.5. The highest BCUT2D eigenvalue weighted by Gasteiger charge is 2.73. The molecule has 40 heavy (non-hydrogen) atoms. The molecule has 9 heteroatoms. The topological polar surface area (TPSA) is 62.2 Å². The predicted octanol–water partition coefficient (Wildman–Crippen LogP) is 4.69. The van der Waals surface area contributed by atoms with Gasteiger partial charge in [0.05, 0.1) is 17.1 Å². The Kier molecular flexibility index (Phi) is 5.81. The summed E-state index contributed by atoms with van der Waals surface area (Å²) < 4.78 is 48.5. The van der Waals surface area contributed by atoms with E-state index in [0.717, 1.165) is 43.2 Å². The molecule has 2 heterocycles. The van der Waals surface area contributed by atoms with Crippen molar-refractivity contribution < 1.29 is 32.5 Å². The number of carbonyl (C=O) groups is 1. The zero-order valence-electron chi connectivity index (χ0n) is 22.4. The molecule has 6 nitrogen and oxygen atoms in total. The number of likely N-dealkylation sites (N-methyl/N-ethyl adjacent to an activating group) is 1. The van der Waals surface area contributed by atoms with Crippen LogP contribution in [0.2, 0.25) is 0 Å². The molecule has 212 valence electrons. The summed E-state index contributed by atoms with van der Waals surface area (Å²) in [5.41, 5.74) is 1.29. The first-order valence-electron chi connectivity index (χ1n) is 14.2.